The molecule has 0 amide bonds. The molecule has 0 radical (unpaired) electrons. The molecule has 0 saturated carbocycles. The standard InChI is InChI=1S/C10H18N2O2/c1-12-9(7-11)4-6-13-8-10-3-2-5-14-10/h9-10,12H,2-6,8H2,1H3. The summed E-state index contributed by atoms with van der Waals surface area (Å²) in [6.45, 7) is 2.16. The summed E-state index contributed by atoms with van der Waals surface area (Å²) in [7, 11) is 1.79. The molecule has 1 fully saturated rings. The van der Waals surface area contributed by atoms with Gasteiger partial charge in [-0.05, 0) is 26.3 Å². The SMILES string of the molecule is CNC(C#N)CCOCC1CCCO1. The fourth-order valence-electron chi connectivity index (χ4n) is 1.47. The van der Waals surface area contributed by atoms with Gasteiger partial charge >= 0.3 is 0 Å². The van der Waals surface area contributed by atoms with E-state index in [-0.39, 0.29) is 12.1 Å². The Morgan fingerprint density at radius 3 is 3.14 bits per heavy atom. The fraction of sp³-hybridized carbons (Fsp3) is 0.900. The van der Waals surface area contributed by atoms with Crippen molar-refractivity contribution < 1.29 is 9.47 Å². The Labute approximate surface area is 85.2 Å². The summed E-state index contributed by atoms with van der Waals surface area (Å²) in [5, 5.41) is 11.6. The van der Waals surface area contributed by atoms with Crippen molar-refractivity contribution in [1.82, 2.24) is 5.32 Å². The van der Waals surface area contributed by atoms with Gasteiger partial charge in [0.2, 0.25) is 0 Å². The quantitative estimate of drug-likeness (QED) is 0.638. The molecule has 1 aliphatic heterocycles. The maximum atomic E-state index is 8.64. The van der Waals surface area contributed by atoms with E-state index in [0.717, 1.165) is 25.9 Å². The number of rotatable bonds is 6. The lowest BCUT2D eigenvalue weighted by molar-refractivity contribution is 0.0157. The molecule has 0 aromatic carbocycles. The first-order valence-corrected chi connectivity index (χ1v) is 5.13. The first-order valence-electron chi connectivity index (χ1n) is 5.13. The van der Waals surface area contributed by atoms with E-state index in [0.29, 0.717) is 13.2 Å². The largest absolute Gasteiger partial charge is 0.379 e. The minimum atomic E-state index is -0.0977. The van der Waals surface area contributed by atoms with Crippen LogP contribution in [0.1, 0.15) is 19.3 Å². The molecule has 4 nitrogen and oxygen atoms in total. The van der Waals surface area contributed by atoms with Crippen LogP contribution >= 0.6 is 0 Å². The van der Waals surface area contributed by atoms with Crippen LogP contribution < -0.4 is 5.32 Å². The van der Waals surface area contributed by atoms with Gasteiger partial charge in [-0.2, -0.15) is 5.26 Å². The van der Waals surface area contributed by atoms with Crippen LogP contribution in [0, 0.1) is 11.3 Å². The van der Waals surface area contributed by atoms with Gasteiger partial charge in [-0.25, -0.2) is 0 Å². The smallest absolute Gasteiger partial charge is 0.0972 e. The topological polar surface area (TPSA) is 54.3 Å². The van der Waals surface area contributed by atoms with Crippen LogP contribution in [0.4, 0.5) is 0 Å². The van der Waals surface area contributed by atoms with Crippen molar-refractivity contribution >= 4 is 0 Å². The number of nitriles is 1. The molecule has 80 valence electrons. The molecule has 0 aromatic heterocycles. The van der Waals surface area contributed by atoms with Crippen LogP contribution in [-0.4, -0.2) is 39.0 Å². The molecule has 1 rings (SSSR count). The molecule has 1 aliphatic rings. The van der Waals surface area contributed by atoms with Crippen LogP contribution in [0.3, 0.4) is 0 Å². The van der Waals surface area contributed by atoms with Gasteiger partial charge < -0.3 is 14.8 Å². The molecule has 1 heterocycles. The van der Waals surface area contributed by atoms with Crippen LogP contribution in [0.25, 0.3) is 0 Å². The number of nitrogens with one attached hydrogen (secondary N) is 1. The molecule has 1 saturated heterocycles. The predicted octanol–water partition coefficient (Wildman–Crippen LogP) is 0.684. The average molecular weight is 198 g/mol. The van der Waals surface area contributed by atoms with E-state index in [2.05, 4.69) is 11.4 Å². The van der Waals surface area contributed by atoms with E-state index >= 15 is 0 Å². The first kappa shape index (κ1) is 11.4. The van der Waals surface area contributed by atoms with Gasteiger partial charge in [0.05, 0.1) is 24.8 Å². The summed E-state index contributed by atoms with van der Waals surface area (Å²) in [4.78, 5) is 0. The Kier molecular flexibility index (Phi) is 5.53. The lowest BCUT2D eigenvalue weighted by atomic mass is 10.2. The van der Waals surface area contributed by atoms with Crippen molar-refractivity contribution in [3.05, 3.63) is 0 Å². The van der Waals surface area contributed by atoms with Crippen molar-refractivity contribution in [2.45, 2.75) is 31.4 Å². The summed E-state index contributed by atoms with van der Waals surface area (Å²) in [5.74, 6) is 0. The van der Waals surface area contributed by atoms with E-state index in [1.165, 1.54) is 0 Å². The first-order chi connectivity index (χ1) is 6.86. The highest BCUT2D eigenvalue weighted by Crippen LogP contribution is 2.11. The second-order valence-corrected chi connectivity index (χ2v) is 3.47. The maximum absolute atomic E-state index is 8.64. The van der Waals surface area contributed by atoms with Gasteiger partial charge in [0, 0.05) is 13.2 Å². The summed E-state index contributed by atoms with van der Waals surface area (Å²) < 4.78 is 10.8. The van der Waals surface area contributed by atoms with E-state index in [1.807, 2.05) is 0 Å². The van der Waals surface area contributed by atoms with Gasteiger partial charge in [-0.3, -0.25) is 0 Å². The Balaban J connectivity index is 1.96. The zero-order chi connectivity index (χ0) is 10.2. The Morgan fingerprint density at radius 2 is 2.57 bits per heavy atom. The van der Waals surface area contributed by atoms with E-state index in [9.17, 15) is 0 Å². The summed E-state index contributed by atoms with van der Waals surface area (Å²) in [6, 6.07) is 2.06. The van der Waals surface area contributed by atoms with E-state index in [4.69, 9.17) is 14.7 Å². The lowest BCUT2D eigenvalue weighted by Gasteiger charge is -2.11. The van der Waals surface area contributed by atoms with Gasteiger partial charge in [0.15, 0.2) is 0 Å². The minimum Gasteiger partial charge on any atom is -0.379 e. The molecule has 0 spiro atoms. The summed E-state index contributed by atoms with van der Waals surface area (Å²) in [5.41, 5.74) is 0. The maximum Gasteiger partial charge on any atom is 0.0972 e. The second-order valence-electron chi connectivity index (χ2n) is 3.47. The highest BCUT2D eigenvalue weighted by atomic mass is 16.5. The van der Waals surface area contributed by atoms with Gasteiger partial charge in [0.1, 0.15) is 0 Å². The molecule has 1 N–H and O–H groups in total. The molecular weight excluding hydrogens is 180 g/mol. The number of hydrogen-bond donors (Lipinski definition) is 1. The van der Waals surface area contributed by atoms with Crippen molar-refractivity contribution in [2.24, 2.45) is 0 Å². The van der Waals surface area contributed by atoms with Gasteiger partial charge in [0.25, 0.3) is 0 Å². The Bertz CT molecular complexity index is 185. The highest BCUT2D eigenvalue weighted by Gasteiger charge is 2.15. The van der Waals surface area contributed by atoms with Gasteiger partial charge in [-0.15, -0.1) is 0 Å². The predicted molar refractivity (Wildman–Crippen MR) is 52.9 cm³/mol. The van der Waals surface area contributed by atoms with Crippen molar-refractivity contribution in [3.63, 3.8) is 0 Å². The Hall–Kier alpha value is -0.630. The zero-order valence-corrected chi connectivity index (χ0v) is 8.66. The fourth-order valence-corrected chi connectivity index (χ4v) is 1.47. The molecule has 2 atom stereocenters. The van der Waals surface area contributed by atoms with Crippen LogP contribution in [0.2, 0.25) is 0 Å². The summed E-state index contributed by atoms with van der Waals surface area (Å²) >= 11 is 0. The van der Waals surface area contributed by atoms with Crippen LogP contribution in [0.15, 0.2) is 0 Å². The Morgan fingerprint density at radius 1 is 1.71 bits per heavy atom. The third-order valence-electron chi connectivity index (χ3n) is 2.38. The molecule has 2 unspecified atom stereocenters. The normalized spacial score (nSPS) is 23.3. The molecule has 0 bridgehead atoms. The molecule has 0 aliphatic carbocycles. The minimum absolute atomic E-state index is 0.0977. The van der Waals surface area contributed by atoms with E-state index < -0.39 is 0 Å². The molecule has 14 heavy (non-hydrogen) atoms. The molecule has 4 heteroatoms. The number of ether oxygens (including phenoxy) is 2. The molecule has 0 aromatic rings. The van der Waals surface area contributed by atoms with Crippen molar-refractivity contribution in [3.8, 4) is 6.07 Å². The van der Waals surface area contributed by atoms with Gasteiger partial charge in [-0.1, -0.05) is 0 Å². The zero-order valence-electron chi connectivity index (χ0n) is 8.66. The lowest BCUT2D eigenvalue weighted by Crippen LogP contribution is -2.25. The van der Waals surface area contributed by atoms with Crippen molar-refractivity contribution in [1.29, 1.82) is 5.26 Å². The second kappa shape index (κ2) is 6.77. The number of nitrogens with zero attached hydrogens (tertiary/aromatic N) is 1. The third kappa shape index (κ3) is 4.05. The number of hydrogen-bond acceptors (Lipinski definition) is 4. The van der Waals surface area contributed by atoms with E-state index in [1.54, 1.807) is 7.05 Å². The molecular formula is C10H18N2O2. The average Bonchev–Trinajstić information content (AvgIpc) is 2.71. The monoisotopic (exact) mass is 198 g/mol. The summed E-state index contributed by atoms with van der Waals surface area (Å²) in [6.07, 6.45) is 3.27. The van der Waals surface area contributed by atoms with Crippen molar-refractivity contribution in [2.75, 3.05) is 26.9 Å². The third-order valence-corrected chi connectivity index (χ3v) is 2.38. The van der Waals surface area contributed by atoms with Crippen LogP contribution in [0.5, 0.6) is 0 Å². The highest BCUT2D eigenvalue weighted by molar-refractivity contribution is 4.88. The van der Waals surface area contributed by atoms with Crippen LogP contribution in [-0.2, 0) is 9.47 Å².